The van der Waals surface area contributed by atoms with Crippen molar-refractivity contribution in [1.29, 1.82) is 0 Å². The molecule has 0 bridgehead atoms. The molecular formula is C13H14BrNO4S. The summed E-state index contributed by atoms with van der Waals surface area (Å²) < 4.78 is 32.3. The Balaban J connectivity index is 2.08. The molecule has 7 heteroatoms. The first-order valence-electron chi connectivity index (χ1n) is 5.89. The van der Waals surface area contributed by atoms with Crippen LogP contribution in [0, 0.1) is 6.92 Å². The van der Waals surface area contributed by atoms with Gasteiger partial charge in [0.25, 0.3) is 0 Å². The van der Waals surface area contributed by atoms with Gasteiger partial charge in [-0.05, 0) is 47.1 Å². The molecule has 2 aromatic rings. The first-order valence-corrected chi connectivity index (χ1v) is 8.16. The lowest BCUT2D eigenvalue weighted by atomic mass is 10.3. The molecule has 0 amide bonds. The molecule has 0 unspecified atom stereocenters. The fourth-order valence-electron chi connectivity index (χ4n) is 1.66. The van der Waals surface area contributed by atoms with Crippen molar-refractivity contribution >= 4 is 26.0 Å². The van der Waals surface area contributed by atoms with Gasteiger partial charge in [0.05, 0.1) is 4.90 Å². The predicted molar refractivity (Wildman–Crippen MR) is 77.7 cm³/mol. The van der Waals surface area contributed by atoms with Crippen molar-refractivity contribution < 1.29 is 17.9 Å². The van der Waals surface area contributed by atoms with Gasteiger partial charge in [-0.1, -0.05) is 12.1 Å². The Morgan fingerprint density at radius 1 is 1.30 bits per heavy atom. The minimum Gasteiger partial charge on any atom is -0.464 e. The number of benzene rings is 1. The Bertz CT molecular complexity index is 696. The molecule has 1 atom stereocenters. The van der Waals surface area contributed by atoms with Crippen molar-refractivity contribution in [2.45, 2.75) is 17.9 Å². The average Bonchev–Trinajstić information content (AvgIpc) is 2.83. The molecule has 108 valence electrons. The topological polar surface area (TPSA) is 79.5 Å². The lowest BCUT2D eigenvalue weighted by Gasteiger charge is -2.11. The molecular weight excluding hydrogens is 346 g/mol. The molecule has 1 aromatic carbocycles. The monoisotopic (exact) mass is 359 g/mol. The molecule has 1 aromatic heterocycles. The average molecular weight is 360 g/mol. The number of aliphatic hydroxyl groups excluding tert-OH is 1. The Hall–Kier alpha value is -1.15. The first kappa shape index (κ1) is 15.2. The standard InChI is InChI=1S/C13H14BrNO4S/c1-9-6-7-12(19-9)11(16)8-15-20(17,18)13-5-3-2-4-10(13)14/h2-7,11,15-16H,8H2,1H3/t11-/m0/s1. The Morgan fingerprint density at radius 3 is 2.60 bits per heavy atom. The third-order valence-corrected chi connectivity index (χ3v) is 5.12. The molecule has 2 N–H and O–H groups in total. The highest BCUT2D eigenvalue weighted by atomic mass is 79.9. The quantitative estimate of drug-likeness (QED) is 0.858. The van der Waals surface area contributed by atoms with Crippen LogP contribution in [0.3, 0.4) is 0 Å². The second-order valence-corrected chi connectivity index (χ2v) is 6.84. The van der Waals surface area contributed by atoms with Gasteiger partial charge in [0, 0.05) is 11.0 Å². The molecule has 20 heavy (non-hydrogen) atoms. The molecule has 0 aliphatic carbocycles. The van der Waals surface area contributed by atoms with E-state index in [9.17, 15) is 13.5 Å². The van der Waals surface area contributed by atoms with Crippen LogP contribution in [0.2, 0.25) is 0 Å². The van der Waals surface area contributed by atoms with Crippen LogP contribution in [0.4, 0.5) is 0 Å². The van der Waals surface area contributed by atoms with Crippen LogP contribution < -0.4 is 4.72 Å². The van der Waals surface area contributed by atoms with Gasteiger partial charge in [0.2, 0.25) is 10.0 Å². The third-order valence-electron chi connectivity index (χ3n) is 2.68. The van der Waals surface area contributed by atoms with E-state index in [1.54, 1.807) is 37.3 Å². The highest BCUT2D eigenvalue weighted by Gasteiger charge is 2.20. The highest BCUT2D eigenvalue weighted by molar-refractivity contribution is 9.10. The van der Waals surface area contributed by atoms with Crippen LogP contribution in [0.25, 0.3) is 0 Å². The van der Waals surface area contributed by atoms with Gasteiger partial charge in [0.1, 0.15) is 17.6 Å². The van der Waals surface area contributed by atoms with E-state index in [4.69, 9.17) is 4.42 Å². The van der Waals surface area contributed by atoms with Gasteiger partial charge >= 0.3 is 0 Å². The molecule has 0 fully saturated rings. The Labute approximate surface area is 125 Å². The largest absolute Gasteiger partial charge is 0.464 e. The van der Waals surface area contributed by atoms with E-state index >= 15 is 0 Å². The normalized spacial score (nSPS) is 13.3. The Kier molecular flexibility index (Phi) is 4.64. The van der Waals surface area contributed by atoms with Crippen molar-refractivity contribution in [3.63, 3.8) is 0 Å². The van der Waals surface area contributed by atoms with Gasteiger partial charge in [0.15, 0.2) is 0 Å². The van der Waals surface area contributed by atoms with Crippen molar-refractivity contribution in [1.82, 2.24) is 4.72 Å². The summed E-state index contributed by atoms with van der Waals surface area (Å²) in [6, 6.07) is 9.81. The number of sulfonamides is 1. The van der Waals surface area contributed by atoms with Crippen LogP contribution in [0.15, 0.2) is 50.2 Å². The summed E-state index contributed by atoms with van der Waals surface area (Å²) in [5.74, 6) is 0.991. The predicted octanol–water partition coefficient (Wildman–Crippen LogP) is 2.36. The van der Waals surface area contributed by atoms with Gasteiger partial charge in [-0.25, -0.2) is 13.1 Å². The second-order valence-electron chi connectivity index (χ2n) is 4.25. The summed E-state index contributed by atoms with van der Waals surface area (Å²) in [5.41, 5.74) is 0. The molecule has 0 aliphatic heterocycles. The van der Waals surface area contributed by atoms with Crippen LogP contribution >= 0.6 is 15.9 Å². The first-order chi connectivity index (χ1) is 9.40. The lowest BCUT2D eigenvalue weighted by Crippen LogP contribution is -2.28. The van der Waals surface area contributed by atoms with E-state index in [1.165, 1.54) is 6.07 Å². The third kappa shape index (κ3) is 3.49. The number of halogens is 1. The van der Waals surface area contributed by atoms with Gasteiger partial charge in [-0.15, -0.1) is 0 Å². The summed E-state index contributed by atoms with van der Waals surface area (Å²) in [6.45, 7) is 1.60. The zero-order valence-corrected chi connectivity index (χ0v) is 13.1. The minimum atomic E-state index is -3.69. The SMILES string of the molecule is Cc1ccc([C@@H](O)CNS(=O)(=O)c2ccccc2Br)o1. The smallest absolute Gasteiger partial charge is 0.241 e. The summed E-state index contributed by atoms with van der Waals surface area (Å²) in [4.78, 5) is 0.128. The lowest BCUT2D eigenvalue weighted by molar-refractivity contribution is 0.152. The molecule has 0 saturated heterocycles. The second kappa shape index (κ2) is 6.09. The number of aryl methyl sites for hydroxylation is 1. The van der Waals surface area contributed by atoms with Gasteiger partial charge < -0.3 is 9.52 Å². The summed E-state index contributed by atoms with van der Waals surface area (Å²) in [5, 5.41) is 9.88. The van der Waals surface area contributed by atoms with E-state index in [0.29, 0.717) is 16.0 Å². The van der Waals surface area contributed by atoms with E-state index in [0.717, 1.165) is 0 Å². The number of nitrogens with one attached hydrogen (secondary N) is 1. The molecule has 5 nitrogen and oxygen atoms in total. The number of hydrogen-bond acceptors (Lipinski definition) is 4. The maximum absolute atomic E-state index is 12.1. The molecule has 0 aliphatic rings. The fraction of sp³-hybridized carbons (Fsp3) is 0.231. The number of aliphatic hydroxyl groups is 1. The van der Waals surface area contributed by atoms with Crippen molar-refractivity contribution in [2.24, 2.45) is 0 Å². The van der Waals surface area contributed by atoms with Crippen molar-refractivity contribution in [2.75, 3.05) is 6.54 Å². The zero-order valence-electron chi connectivity index (χ0n) is 10.7. The molecule has 1 heterocycles. The molecule has 0 spiro atoms. The Morgan fingerprint density at radius 2 is 2.00 bits per heavy atom. The van der Waals surface area contributed by atoms with Crippen molar-refractivity contribution in [3.8, 4) is 0 Å². The molecule has 2 rings (SSSR count). The van der Waals surface area contributed by atoms with Crippen LogP contribution in [0.1, 0.15) is 17.6 Å². The molecule has 0 saturated carbocycles. The van der Waals surface area contributed by atoms with Gasteiger partial charge in [-0.2, -0.15) is 0 Å². The van der Waals surface area contributed by atoms with Crippen LogP contribution in [-0.2, 0) is 10.0 Å². The molecule has 0 radical (unpaired) electrons. The minimum absolute atomic E-state index is 0.128. The summed E-state index contributed by atoms with van der Waals surface area (Å²) in [7, 11) is -3.69. The van der Waals surface area contributed by atoms with E-state index in [-0.39, 0.29) is 11.4 Å². The van der Waals surface area contributed by atoms with E-state index in [1.807, 2.05) is 0 Å². The summed E-state index contributed by atoms with van der Waals surface area (Å²) >= 11 is 3.19. The summed E-state index contributed by atoms with van der Waals surface area (Å²) in [6.07, 6.45) is -1.03. The van der Waals surface area contributed by atoms with Crippen LogP contribution in [-0.4, -0.2) is 20.1 Å². The van der Waals surface area contributed by atoms with Gasteiger partial charge in [-0.3, -0.25) is 0 Å². The van der Waals surface area contributed by atoms with E-state index in [2.05, 4.69) is 20.7 Å². The zero-order chi connectivity index (χ0) is 14.8. The maximum Gasteiger partial charge on any atom is 0.241 e. The highest BCUT2D eigenvalue weighted by Crippen LogP contribution is 2.21. The maximum atomic E-state index is 12.1. The van der Waals surface area contributed by atoms with E-state index < -0.39 is 16.1 Å². The number of hydrogen-bond donors (Lipinski definition) is 2. The number of furan rings is 1. The van der Waals surface area contributed by atoms with Crippen LogP contribution in [0.5, 0.6) is 0 Å². The number of rotatable bonds is 5. The van der Waals surface area contributed by atoms with Crippen molar-refractivity contribution in [3.05, 3.63) is 52.4 Å². The fourth-order valence-corrected chi connectivity index (χ4v) is 3.70.